The topological polar surface area (TPSA) is 40.1 Å². The second-order valence-electron chi connectivity index (χ2n) is 10.5. The Bertz CT molecular complexity index is 2550. The molecule has 0 spiro atoms. The Labute approximate surface area is 233 Å². The molecule has 9 aromatic rings. The summed E-state index contributed by atoms with van der Waals surface area (Å²) < 4.78 is 10.3. The maximum absolute atomic E-state index is 13.1. The zero-order valence-corrected chi connectivity index (χ0v) is 21.9. The van der Waals surface area contributed by atoms with Gasteiger partial charge < -0.3 is 13.6 Å². The highest BCUT2D eigenvalue weighted by molar-refractivity contribution is 6.29. The van der Waals surface area contributed by atoms with Gasteiger partial charge in [-0.3, -0.25) is 0 Å². The Hall–Kier alpha value is -5.61. The number of fused-ring (bicyclic) bond motifs is 10. The van der Waals surface area contributed by atoms with Crippen LogP contribution in [0, 0.1) is 0 Å². The van der Waals surface area contributed by atoms with Crippen LogP contribution in [0.1, 0.15) is 0 Å². The van der Waals surface area contributed by atoms with Crippen molar-refractivity contribution in [2.24, 2.45) is 0 Å². The monoisotopic (exact) mass is 526 g/mol. The Balaban J connectivity index is 1.43. The van der Waals surface area contributed by atoms with E-state index in [4.69, 9.17) is 4.42 Å². The van der Waals surface area contributed by atoms with Gasteiger partial charge in [0.1, 0.15) is 5.58 Å². The number of nitrogens with zero attached hydrogens (tertiary/aromatic N) is 2. The molecule has 4 nitrogen and oxygen atoms in total. The molecule has 0 bridgehead atoms. The highest BCUT2D eigenvalue weighted by Gasteiger charge is 2.20. The van der Waals surface area contributed by atoms with Gasteiger partial charge in [-0.05, 0) is 54.6 Å². The molecule has 0 saturated carbocycles. The fourth-order valence-corrected chi connectivity index (χ4v) is 6.66. The van der Waals surface area contributed by atoms with Crippen molar-refractivity contribution in [2.45, 2.75) is 0 Å². The van der Waals surface area contributed by atoms with Crippen molar-refractivity contribution in [3.63, 3.8) is 0 Å². The number of benzene rings is 6. The van der Waals surface area contributed by atoms with Crippen molar-refractivity contribution >= 4 is 65.4 Å². The Morgan fingerprint density at radius 3 is 1.66 bits per heavy atom. The normalized spacial score (nSPS) is 12.0. The first-order chi connectivity index (χ1) is 20.3. The molecule has 41 heavy (non-hydrogen) atoms. The summed E-state index contributed by atoms with van der Waals surface area (Å²) in [6.45, 7) is 0. The molecule has 0 amide bonds. The van der Waals surface area contributed by atoms with Crippen LogP contribution in [0.4, 0.5) is 0 Å². The maximum Gasteiger partial charge on any atom is 0.344 e. The van der Waals surface area contributed by atoms with Crippen molar-refractivity contribution in [3.8, 4) is 11.4 Å². The van der Waals surface area contributed by atoms with Crippen LogP contribution >= 0.6 is 0 Å². The summed E-state index contributed by atoms with van der Waals surface area (Å²) in [6.07, 6.45) is 0. The summed E-state index contributed by atoms with van der Waals surface area (Å²) in [4.78, 5) is 13.1. The molecule has 3 heterocycles. The molecule has 0 aliphatic carbocycles. The lowest BCUT2D eigenvalue weighted by molar-refractivity contribution is 0.569. The van der Waals surface area contributed by atoms with Crippen LogP contribution in [0.25, 0.3) is 76.7 Å². The Morgan fingerprint density at radius 2 is 0.976 bits per heavy atom. The third kappa shape index (κ3) is 3.02. The first-order valence-electron chi connectivity index (χ1n) is 13.7. The standard InChI is InChI=1S/C37H22N2O2/c40-37-29-22-24(18-19-25(29)26-12-6-9-17-34(26)41-37)39-31-16-8-5-14-28(31)36-33(39)21-20-32-35(36)27-13-4-7-15-30(27)38(32)23-10-2-1-3-11-23/h1-22H. The van der Waals surface area contributed by atoms with Crippen LogP contribution in [-0.4, -0.2) is 9.13 Å². The first kappa shape index (κ1) is 22.2. The van der Waals surface area contributed by atoms with Gasteiger partial charge in [-0.15, -0.1) is 0 Å². The second-order valence-corrected chi connectivity index (χ2v) is 10.5. The molecule has 3 aromatic heterocycles. The molecule has 0 aliphatic rings. The van der Waals surface area contributed by atoms with Gasteiger partial charge in [0.05, 0.1) is 27.5 Å². The molecule has 0 fully saturated rings. The third-order valence-corrected chi connectivity index (χ3v) is 8.35. The lowest BCUT2D eigenvalue weighted by Crippen LogP contribution is -2.02. The van der Waals surface area contributed by atoms with Gasteiger partial charge in [-0.2, -0.15) is 0 Å². The van der Waals surface area contributed by atoms with Gasteiger partial charge in [0, 0.05) is 43.7 Å². The minimum Gasteiger partial charge on any atom is -0.422 e. The largest absolute Gasteiger partial charge is 0.422 e. The van der Waals surface area contributed by atoms with Crippen LogP contribution in [-0.2, 0) is 0 Å². The van der Waals surface area contributed by atoms with Crippen LogP contribution in [0.5, 0.6) is 0 Å². The van der Waals surface area contributed by atoms with Crippen LogP contribution in [0.3, 0.4) is 0 Å². The predicted molar refractivity (Wildman–Crippen MR) is 169 cm³/mol. The van der Waals surface area contributed by atoms with E-state index in [1.165, 1.54) is 32.6 Å². The molecule has 0 atom stereocenters. The van der Waals surface area contributed by atoms with Crippen molar-refractivity contribution in [3.05, 3.63) is 144 Å². The highest BCUT2D eigenvalue weighted by Crippen LogP contribution is 2.42. The second kappa shape index (κ2) is 8.20. The molecular formula is C37H22N2O2. The number of rotatable bonds is 2. The number of hydrogen-bond acceptors (Lipinski definition) is 2. The van der Waals surface area contributed by atoms with E-state index in [2.05, 4.69) is 106 Å². The molecule has 9 rings (SSSR count). The molecule has 192 valence electrons. The summed E-state index contributed by atoms with van der Waals surface area (Å²) in [5, 5.41) is 7.23. The van der Waals surface area contributed by atoms with Crippen LogP contribution in [0.15, 0.2) is 143 Å². The minimum absolute atomic E-state index is 0.324. The lowest BCUT2D eigenvalue weighted by atomic mass is 10.1. The molecule has 0 N–H and O–H groups in total. The van der Waals surface area contributed by atoms with Gasteiger partial charge in [0.2, 0.25) is 0 Å². The van der Waals surface area contributed by atoms with Crippen LogP contribution < -0.4 is 5.63 Å². The Kier molecular flexibility index (Phi) is 4.44. The van der Waals surface area contributed by atoms with E-state index in [0.717, 1.165) is 33.2 Å². The van der Waals surface area contributed by atoms with E-state index in [1.807, 2.05) is 36.4 Å². The average Bonchev–Trinajstić information content (AvgIpc) is 3.54. The van der Waals surface area contributed by atoms with Gasteiger partial charge in [-0.1, -0.05) is 78.9 Å². The van der Waals surface area contributed by atoms with Gasteiger partial charge in [0.25, 0.3) is 0 Å². The van der Waals surface area contributed by atoms with Crippen LogP contribution in [0.2, 0.25) is 0 Å². The summed E-state index contributed by atoms with van der Waals surface area (Å²) in [5.74, 6) is 0. The lowest BCUT2D eigenvalue weighted by Gasteiger charge is -2.10. The van der Waals surface area contributed by atoms with Crippen molar-refractivity contribution < 1.29 is 4.42 Å². The van der Waals surface area contributed by atoms with E-state index in [-0.39, 0.29) is 5.63 Å². The van der Waals surface area contributed by atoms with Crippen molar-refractivity contribution in [1.82, 2.24) is 9.13 Å². The first-order valence-corrected chi connectivity index (χ1v) is 13.7. The molecule has 6 aromatic carbocycles. The number of aromatic nitrogens is 2. The molecule has 4 heteroatoms. The molecule has 0 unspecified atom stereocenters. The van der Waals surface area contributed by atoms with Crippen molar-refractivity contribution in [2.75, 3.05) is 0 Å². The summed E-state index contributed by atoms with van der Waals surface area (Å²) in [6, 6.07) is 46.0. The average molecular weight is 527 g/mol. The summed E-state index contributed by atoms with van der Waals surface area (Å²) in [5.41, 5.74) is 6.87. The van der Waals surface area contributed by atoms with E-state index < -0.39 is 0 Å². The highest BCUT2D eigenvalue weighted by atomic mass is 16.4. The summed E-state index contributed by atoms with van der Waals surface area (Å²) >= 11 is 0. The summed E-state index contributed by atoms with van der Waals surface area (Å²) in [7, 11) is 0. The van der Waals surface area contributed by atoms with Gasteiger partial charge >= 0.3 is 5.63 Å². The fraction of sp³-hybridized carbons (Fsp3) is 0. The number of hydrogen-bond donors (Lipinski definition) is 0. The minimum atomic E-state index is -0.324. The Morgan fingerprint density at radius 1 is 0.415 bits per heavy atom. The zero-order valence-electron chi connectivity index (χ0n) is 21.9. The zero-order chi connectivity index (χ0) is 27.1. The molecule has 0 saturated heterocycles. The van der Waals surface area contributed by atoms with Gasteiger partial charge in [-0.25, -0.2) is 4.79 Å². The predicted octanol–water partition coefficient (Wildman–Crippen LogP) is 9.14. The van der Waals surface area contributed by atoms with Crippen molar-refractivity contribution in [1.29, 1.82) is 0 Å². The quantitative estimate of drug-likeness (QED) is 0.166. The molecular weight excluding hydrogens is 504 g/mol. The molecule has 0 radical (unpaired) electrons. The third-order valence-electron chi connectivity index (χ3n) is 8.35. The van der Waals surface area contributed by atoms with E-state index in [0.29, 0.717) is 11.0 Å². The number of para-hydroxylation sites is 4. The van der Waals surface area contributed by atoms with E-state index in [9.17, 15) is 4.79 Å². The SMILES string of the molecule is O=c1oc2ccccc2c2ccc(-n3c4ccccc4c4c5c6ccccc6n(-c6ccccc6)c5ccc43)cc12. The maximum atomic E-state index is 13.1. The smallest absolute Gasteiger partial charge is 0.344 e. The van der Waals surface area contributed by atoms with E-state index >= 15 is 0 Å². The van der Waals surface area contributed by atoms with Gasteiger partial charge in [0.15, 0.2) is 0 Å². The fourth-order valence-electron chi connectivity index (χ4n) is 6.66. The van der Waals surface area contributed by atoms with E-state index in [1.54, 1.807) is 0 Å². The molecule has 0 aliphatic heterocycles.